The molecule has 1 heterocycles. The first-order chi connectivity index (χ1) is 13.7. The monoisotopic (exact) mass is 419 g/mol. The number of hydrogen-bond donors (Lipinski definition) is 4. The van der Waals surface area contributed by atoms with Crippen molar-refractivity contribution in [2.24, 2.45) is 5.92 Å². The fourth-order valence-corrected chi connectivity index (χ4v) is 3.08. The zero-order chi connectivity index (χ0) is 21.4. The van der Waals surface area contributed by atoms with Crippen molar-refractivity contribution in [3.63, 3.8) is 0 Å². The van der Waals surface area contributed by atoms with Crippen LogP contribution in [0.4, 0.5) is 4.79 Å². The minimum absolute atomic E-state index is 0.281. The third-order valence-electron chi connectivity index (χ3n) is 4.73. The number of amides is 4. The van der Waals surface area contributed by atoms with Crippen LogP contribution in [0.5, 0.6) is 0 Å². The van der Waals surface area contributed by atoms with Crippen molar-refractivity contribution in [2.45, 2.75) is 45.6 Å². The zero-order valence-corrected chi connectivity index (χ0v) is 17.9. The predicted octanol–water partition coefficient (Wildman–Crippen LogP) is 1.47. The van der Waals surface area contributed by atoms with Gasteiger partial charge < -0.3 is 10.6 Å². The Kier molecular flexibility index (Phi) is 7.95. The van der Waals surface area contributed by atoms with E-state index in [1.54, 1.807) is 6.92 Å². The van der Waals surface area contributed by atoms with E-state index in [9.17, 15) is 14.4 Å². The number of aryl methyl sites for hydroxylation is 1. The zero-order valence-electron chi connectivity index (χ0n) is 17.1. The van der Waals surface area contributed by atoms with E-state index < -0.39 is 23.4 Å². The standard InChI is InChI=1S/C20H29N5O3S/c1-14(2)10-12-21-18(29)24-23-16(26)13-25-17(27)20(3,22-19(25)28)11-9-15-7-5-4-6-8-15/h4-8,14H,9-13H2,1-3H3,(H,22,28)(H,23,26)(H2,21,24,29)/t20-/m1/s1. The summed E-state index contributed by atoms with van der Waals surface area (Å²) < 4.78 is 0. The van der Waals surface area contributed by atoms with Crippen LogP contribution in [0.2, 0.25) is 0 Å². The van der Waals surface area contributed by atoms with E-state index >= 15 is 0 Å². The second kappa shape index (κ2) is 10.2. The van der Waals surface area contributed by atoms with Gasteiger partial charge >= 0.3 is 6.03 Å². The van der Waals surface area contributed by atoms with E-state index in [0.29, 0.717) is 25.3 Å². The van der Waals surface area contributed by atoms with E-state index in [2.05, 4.69) is 35.3 Å². The molecule has 8 nitrogen and oxygen atoms in total. The molecule has 1 fully saturated rings. The first kappa shape index (κ1) is 22.6. The largest absolute Gasteiger partial charge is 0.361 e. The molecular weight excluding hydrogens is 390 g/mol. The topological polar surface area (TPSA) is 103 Å². The molecule has 1 aliphatic heterocycles. The highest BCUT2D eigenvalue weighted by Gasteiger charge is 2.47. The van der Waals surface area contributed by atoms with Gasteiger partial charge in [-0.25, -0.2) is 4.79 Å². The Bertz CT molecular complexity index is 756. The van der Waals surface area contributed by atoms with Crippen LogP contribution >= 0.6 is 12.2 Å². The summed E-state index contributed by atoms with van der Waals surface area (Å²) in [5.74, 6) is -0.407. The number of rotatable bonds is 8. The third-order valence-corrected chi connectivity index (χ3v) is 4.97. The van der Waals surface area contributed by atoms with E-state index in [4.69, 9.17) is 12.2 Å². The molecule has 0 bridgehead atoms. The maximum absolute atomic E-state index is 12.7. The molecule has 4 amide bonds. The Hall–Kier alpha value is -2.68. The Labute approximate surface area is 176 Å². The predicted molar refractivity (Wildman–Crippen MR) is 115 cm³/mol. The van der Waals surface area contributed by atoms with Gasteiger partial charge in [-0.2, -0.15) is 0 Å². The maximum Gasteiger partial charge on any atom is 0.325 e. The number of imide groups is 1. The van der Waals surface area contributed by atoms with Crippen LogP contribution in [-0.4, -0.2) is 46.5 Å². The summed E-state index contributed by atoms with van der Waals surface area (Å²) in [6.07, 6.45) is 2.03. The van der Waals surface area contributed by atoms with Gasteiger partial charge in [0.1, 0.15) is 12.1 Å². The number of hydrazine groups is 1. The summed E-state index contributed by atoms with van der Waals surface area (Å²) >= 11 is 5.07. The molecular formula is C20H29N5O3S. The SMILES string of the molecule is CC(C)CCNC(=S)NNC(=O)CN1C(=O)N[C@](C)(CCc2ccccc2)C1=O. The van der Waals surface area contributed by atoms with Crippen molar-refractivity contribution in [3.05, 3.63) is 35.9 Å². The van der Waals surface area contributed by atoms with Crippen molar-refractivity contribution < 1.29 is 14.4 Å². The molecule has 9 heteroatoms. The number of hydrogen-bond acceptors (Lipinski definition) is 4. The summed E-state index contributed by atoms with van der Waals surface area (Å²) in [5.41, 5.74) is 5.03. The summed E-state index contributed by atoms with van der Waals surface area (Å²) in [7, 11) is 0. The van der Waals surface area contributed by atoms with Gasteiger partial charge in [-0.05, 0) is 49.9 Å². The van der Waals surface area contributed by atoms with Gasteiger partial charge in [0.25, 0.3) is 11.8 Å². The van der Waals surface area contributed by atoms with Crippen molar-refractivity contribution >= 4 is 35.2 Å². The van der Waals surface area contributed by atoms with Crippen molar-refractivity contribution in [1.29, 1.82) is 0 Å². The van der Waals surface area contributed by atoms with Gasteiger partial charge in [-0.3, -0.25) is 25.3 Å². The van der Waals surface area contributed by atoms with Crippen LogP contribution in [0, 0.1) is 5.92 Å². The number of thiocarbonyl (C=S) groups is 1. The highest BCUT2D eigenvalue weighted by Crippen LogP contribution is 2.23. The lowest BCUT2D eigenvalue weighted by Crippen LogP contribution is -2.51. The lowest BCUT2D eigenvalue weighted by Gasteiger charge is -2.21. The van der Waals surface area contributed by atoms with Gasteiger partial charge in [0.15, 0.2) is 5.11 Å². The number of nitrogens with one attached hydrogen (secondary N) is 4. The highest BCUT2D eigenvalue weighted by molar-refractivity contribution is 7.80. The lowest BCUT2D eigenvalue weighted by atomic mass is 9.93. The average molecular weight is 420 g/mol. The second-order valence-electron chi connectivity index (χ2n) is 7.75. The molecule has 1 aromatic rings. The molecule has 1 atom stereocenters. The first-order valence-corrected chi connectivity index (χ1v) is 10.1. The number of carbonyl (C=O) groups is 3. The fraction of sp³-hybridized carbons (Fsp3) is 0.500. The van der Waals surface area contributed by atoms with Gasteiger partial charge in [0.2, 0.25) is 0 Å². The van der Waals surface area contributed by atoms with Crippen LogP contribution < -0.4 is 21.5 Å². The van der Waals surface area contributed by atoms with E-state index in [0.717, 1.165) is 16.9 Å². The number of nitrogens with zero attached hydrogens (tertiary/aromatic N) is 1. The normalized spacial score (nSPS) is 18.6. The van der Waals surface area contributed by atoms with Gasteiger partial charge in [-0.1, -0.05) is 44.2 Å². The van der Waals surface area contributed by atoms with Crippen LogP contribution in [0.25, 0.3) is 0 Å². The quantitative estimate of drug-likeness (QED) is 0.289. The lowest BCUT2D eigenvalue weighted by molar-refractivity contribution is -0.134. The summed E-state index contributed by atoms with van der Waals surface area (Å²) in [5, 5.41) is 5.96. The van der Waals surface area contributed by atoms with Crippen LogP contribution in [0.3, 0.4) is 0 Å². The summed E-state index contributed by atoms with van der Waals surface area (Å²) in [4.78, 5) is 38.0. The number of carbonyl (C=O) groups excluding carboxylic acids is 3. The molecule has 158 valence electrons. The van der Waals surface area contributed by atoms with E-state index in [1.165, 1.54) is 0 Å². The number of benzene rings is 1. The molecule has 4 N–H and O–H groups in total. The first-order valence-electron chi connectivity index (χ1n) is 9.72. The maximum atomic E-state index is 12.7. The minimum Gasteiger partial charge on any atom is -0.361 e. The second-order valence-corrected chi connectivity index (χ2v) is 8.16. The van der Waals surface area contributed by atoms with E-state index in [-0.39, 0.29) is 11.7 Å². The molecule has 29 heavy (non-hydrogen) atoms. The number of urea groups is 1. The molecule has 1 aliphatic rings. The molecule has 1 saturated heterocycles. The molecule has 1 aromatic carbocycles. The van der Waals surface area contributed by atoms with Crippen LogP contribution in [0.15, 0.2) is 30.3 Å². The molecule has 2 rings (SSSR count). The van der Waals surface area contributed by atoms with Crippen molar-refractivity contribution in [3.8, 4) is 0 Å². The molecule has 0 radical (unpaired) electrons. The van der Waals surface area contributed by atoms with E-state index in [1.807, 2.05) is 30.3 Å². The molecule has 0 saturated carbocycles. The Morgan fingerprint density at radius 1 is 1.21 bits per heavy atom. The van der Waals surface area contributed by atoms with Gasteiger partial charge in [0, 0.05) is 6.54 Å². The summed E-state index contributed by atoms with van der Waals surface area (Å²) in [6, 6.07) is 9.15. The molecule has 0 aliphatic carbocycles. The molecule has 0 unspecified atom stereocenters. The Morgan fingerprint density at radius 3 is 2.55 bits per heavy atom. The average Bonchev–Trinajstić information content (AvgIpc) is 2.89. The van der Waals surface area contributed by atoms with Gasteiger partial charge in [0.05, 0.1) is 0 Å². The third kappa shape index (κ3) is 6.70. The molecule has 0 spiro atoms. The van der Waals surface area contributed by atoms with Crippen LogP contribution in [0.1, 0.15) is 39.2 Å². The van der Waals surface area contributed by atoms with Crippen LogP contribution in [-0.2, 0) is 16.0 Å². The van der Waals surface area contributed by atoms with Gasteiger partial charge in [-0.15, -0.1) is 0 Å². The Balaban J connectivity index is 1.81. The summed E-state index contributed by atoms with van der Waals surface area (Å²) in [6.45, 7) is 6.19. The fourth-order valence-electron chi connectivity index (χ4n) is 2.93. The molecule has 0 aromatic heterocycles. The minimum atomic E-state index is -1.03. The smallest absolute Gasteiger partial charge is 0.325 e. The Morgan fingerprint density at radius 2 is 1.90 bits per heavy atom. The van der Waals surface area contributed by atoms with Crippen molar-refractivity contribution in [1.82, 2.24) is 26.4 Å². The van der Waals surface area contributed by atoms with Crippen molar-refractivity contribution in [2.75, 3.05) is 13.1 Å². The highest BCUT2D eigenvalue weighted by atomic mass is 32.1.